The number of benzene rings is 1. The first-order chi connectivity index (χ1) is 9.70. The lowest BCUT2D eigenvalue weighted by Gasteiger charge is -2.35. The first-order valence-electron chi connectivity index (χ1n) is 6.79. The maximum atomic E-state index is 10.6. The van der Waals surface area contributed by atoms with Crippen molar-refractivity contribution in [2.45, 2.75) is 25.3 Å². The van der Waals surface area contributed by atoms with E-state index in [2.05, 4.69) is 16.5 Å². The Balaban J connectivity index is 1.59. The molecule has 0 spiro atoms. The van der Waals surface area contributed by atoms with Crippen molar-refractivity contribution in [1.82, 2.24) is 9.78 Å². The van der Waals surface area contributed by atoms with Crippen LogP contribution in [0.25, 0.3) is 5.69 Å². The van der Waals surface area contributed by atoms with Crippen LogP contribution in [0.3, 0.4) is 0 Å². The van der Waals surface area contributed by atoms with Gasteiger partial charge in [-0.2, -0.15) is 5.10 Å². The summed E-state index contributed by atoms with van der Waals surface area (Å²) < 4.78 is 1.82. The van der Waals surface area contributed by atoms with Crippen molar-refractivity contribution in [2.24, 2.45) is 5.92 Å². The Morgan fingerprint density at radius 1 is 1.40 bits per heavy atom. The molecule has 1 heterocycles. The van der Waals surface area contributed by atoms with E-state index in [0.717, 1.165) is 24.2 Å². The van der Waals surface area contributed by atoms with Crippen LogP contribution in [0.2, 0.25) is 0 Å². The van der Waals surface area contributed by atoms with Crippen molar-refractivity contribution >= 4 is 11.7 Å². The summed E-state index contributed by atoms with van der Waals surface area (Å²) in [6.45, 7) is 0. The van der Waals surface area contributed by atoms with Crippen LogP contribution in [0.15, 0.2) is 42.7 Å². The van der Waals surface area contributed by atoms with E-state index in [4.69, 9.17) is 5.11 Å². The van der Waals surface area contributed by atoms with Crippen molar-refractivity contribution < 1.29 is 9.90 Å². The van der Waals surface area contributed by atoms with Crippen LogP contribution in [0.1, 0.15) is 19.3 Å². The quantitative estimate of drug-likeness (QED) is 0.877. The van der Waals surface area contributed by atoms with Crippen LogP contribution >= 0.6 is 0 Å². The smallest absolute Gasteiger partial charge is 0.303 e. The maximum absolute atomic E-state index is 10.6. The average molecular weight is 271 g/mol. The van der Waals surface area contributed by atoms with Crippen molar-refractivity contribution in [3.63, 3.8) is 0 Å². The number of carboxylic acids is 1. The molecule has 0 atom stereocenters. The Bertz CT molecular complexity index is 589. The van der Waals surface area contributed by atoms with Crippen LogP contribution in [-0.2, 0) is 4.79 Å². The van der Waals surface area contributed by atoms with E-state index in [1.54, 1.807) is 6.20 Å². The van der Waals surface area contributed by atoms with Crippen LogP contribution in [0.5, 0.6) is 0 Å². The van der Waals surface area contributed by atoms with Gasteiger partial charge < -0.3 is 10.4 Å². The number of hydrogen-bond acceptors (Lipinski definition) is 3. The summed E-state index contributed by atoms with van der Waals surface area (Å²) in [4.78, 5) is 10.6. The molecule has 1 aliphatic rings. The normalized spacial score (nSPS) is 21.2. The van der Waals surface area contributed by atoms with Gasteiger partial charge >= 0.3 is 5.97 Å². The van der Waals surface area contributed by atoms with Gasteiger partial charge in [0.15, 0.2) is 0 Å². The van der Waals surface area contributed by atoms with Crippen molar-refractivity contribution in [3.8, 4) is 5.69 Å². The van der Waals surface area contributed by atoms with E-state index in [1.807, 2.05) is 35.1 Å². The van der Waals surface area contributed by atoms with E-state index in [0.29, 0.717) is 12.0 Å². The summed E-state index contributed by atoms with van der Waals surface area (Å²) >= 11 is 0. The summed E-state index contributed by atoms with van der Waals surface area (Å²) in [5.41, 5.74) is 2.07. The lowest BCUT2D eigenvalue weighted by molar-refractivity contribution is -0.138. The third-order valence-electron chi connectivity index (χ3n) is 3.68. The molecule has 2 aromatic rings. The molecule has 1 saturated carbocycles. The maximum Gasteiger partial charge on any atom is 0.303 e. The van der Waals surface area contributed by atoms with E-state index in [-0.39, 0.29) is 6.42 Å². The zero-order valence-electron chi connectivity index (χ0n) is 11.1. The molecule has 1 aliphatic carbocycles. The van der Waals surface area contributed by atoms with E-state index in [9.17, 15) is 4.79 Å². The molecule has 0 radical (unpaired) electrons. The minimum Gasteiger partial charge on any atom is -0.481 e. The van der Waals surface area contributed by atoms with E-state index < -0.39 is 5.97 Å². The second kappa shape index (κ2) is 5.36. The fourth-order valence-corrected chi connectivity index (χ4v) is 2.66. The average Bonchev–Trinajstić information content (AvgIpc) is 2.90. The molecule has 2 N–H and O–H groups in total. The topological polar surface area (TPSA) is 67.2 Å². The molecule has 0 aliphatic heterocycles. The third-order valence-corrected chi connectivity index (χ3v) is 3.68. The number of nitrogens with zero attached hydrogens (tertiary/aromatic N) is 2. The third kappa shape index (κ3) is 2.82. The molecular formula is C15H17N3O2. The number of nitrogens with one attached hydrogen (secondary N) is 1. The Morgan fingerprint density at radius 3 is 2.95 bits per heavy atom. The van der Waals surface area contributed by atoms with Crippen molar-refractivity contribution in [1.29, 1.82) is 0 Å². The number of hydrogen-bond donors (Lipinski definition) is 2. The van der Waals surface area contributed by atoms with Crippen LogP contribution in [0.4, 0.5) is 5.69 Å². The van der Waals surface area contributed by atoms with Gasteiger partial charge in [-0.1, -0.05) is 6.07 Å². The highest BCUT2D eigenvalue weighted by Crippen LogP contribution is 2.32. The predicted molar refractivity (Wildman–Crippen MR) is 76.0 cm³/mol. The molecule has 0 bridgehead atoms. The molecule has 20 heavy (non-hydrogen) atoms. The van der Waals surface area contributed by atoms with E-state index >= 15 is 0 Å². The first-order valence-corrected chi connectivity index (χ1v) is 6.79. The molecule has 0 unspecified atom stereocenters. The van der Waals surface area contributed by atoms with Gasteiger partial charge in [-0.15, -0.1) is 0 Å². The first kappa shape index (κ1) is 12.7. The Labute approximate surface area is 117 Å². The zero-order valence-corrected chi connectivity index (χ0v) is 11.1. The van der Waals surface area contributed by atoms with Crippen LogP contribution in [-0.4, -0.2) is 26.9 Å². The summed E-state index contributed by atoms with van der Waals surface area (Å²) in [6, 6.07) is 10.4. The SMILES string of the molecule is O=C(O)CC1CC(Nc2cccc(-n3cccn3)c2)C1. The highest BCUT2D eigenvalue weighted by Gasteiger charge is 2.30. The molecule has 104 valence electrons. The standard InChI is InChI=1S/C15H17N3O2/c19-15(20)9-11-7-13(8-11)17-12-3-1-4-14(10-12)18-6-2-5-16-18/h1-6,10-11,13,17H,7-9H2,(H,19,20). The van der Waals surface area contributed by atoms with Gasteiger partial charge in [-0.05, 0) is 43.0 Å². The van der Waals surface area contributed by atoms with E-state index in [1.165, 1.54) is 0 Å². The largest absolute Gasteiger partial charge is 0.481 e. The van der Waals surface area contributed by atoms with Gasteiger partial charge in [0.2, 0.25) is 0 Å². The summed E-state index contributed by atoms with van der Waals surface area (Å²) in [5, 5.41) is 16.4. The zero-order chi connectivity index (χ0) is 13.9. The summed E-state index contributed by atoms with van der Waals surface area (Å²) in [7, 11) is 0. The number of carbonyl (C=O) groups is 1. The van der Waals surface area contributed by atoms with Gasteiger partial charge in [0, 0.05) is 30.5 Å². The highest BCUT2D eigenvalue weighted by molar-refractivity contribution is 5.67. The number of rotatable bonds is 5. The molecule has 5 heteroatoms. The lowest BCUT2D eigenvalue weighted by Crippen LogP contribution is -2.36. The second-order valence-corrected chi connectivity index (χ2v) is 5.28. The molecule has 0 saturated heterocycles. The Hall–Kier alpha value is -2.30. The van der Waals surface area contributed by atoms with Crippen molar-refractivity contribution in [3.05, 3.63) is 42.7 Å². The second-order valence-electron chi connectivity index (χ2n) is 5.28. The highest BCUT2D eigenvalue weighted by atomic mass is 16.4. The fourth-order valence-electron chi connectivity index (χ4n) is 2.66. The monoisotopic (exact) mass is 271 g/mol. The van der Waals surface area contributed by atoms with Gasteiger partial charge in [-0.25, -0.2) is 4.68 Å². The minimum absolute atomic E-state index is 0.283. The number of aromatic nitrogens is 2. The molecular weight excluding hydrogens is 254 g/mol. The molecule has 3 rings (SSSR count). The van der Waals surface area contributed by atoms with Crippen molar-refractivity contribution in [2.75, 3.05) is 5.32 Å². The predicted octanol–water partition coefficient (Wildman–Crippen LogP) is 2.54. The fraction of sp³-hybridized carbons (Fsp3) is 0.333. The molecule has 1 aromatic carbocycles. The molecule has 0 amide bonds. The number of carboxylic acid groups (broad SMARTS) is 1. The minimum atomic E-state index is -0.700. The van der Waals surface area contributed by atoms with Crippen LogP contribution in [0, 0.1) is 5.92 Å². The summed E-state index contributed by atoms with van der Waals surface area (Å²) in [5.74, 6) is -0.381. The van der Waals surface area contributed by atoms with Gasteiger partial charge in [0.1, 0.15) is 0 Å². The lowest BCUT2D eigenvalue weighted by atomic mass is 9.78. The number of aliphatic carboxylic acids is 1. The van der Waals surface area contributed by atoms with Crippen LogP contribution < -0.4 is 5.32 Å². The molecule has 1 aromatic heterocycles. The summed E-state index contributed by atoms with van der Waals surface area (Å²) in [6.07, 6.45) is 5.80. The Kier molecular flexibility index (Phi) is 3.41. The van der Waals surface area contributed by atoms with Gasteiger partial charge in [0.05, 0.1) is 5.69 Å². The molecule has 1 fully saturated rings. The molecule has 5 nitrogen and oxygen atoms in total. The van der Waals surface area contributed by atoms with Gasteiger partial charge in [-0.3, -0.25) is 4.79 Å². The van der Waals surface area contributed by atoms with Gasteiger partial charge in [0.25, 0.3) is 0 Å². The Morgan fingerprint density at radius 2 is 2.25 bits per heavy atom. The number of anilines is 1.